The fraction of sp³-hybridized carbons (Fsp3) is 0.538. The third-order valence-electron chi connectivity index (χ3n) is 3.79. The third-order valence-corrected chi connectivity index (χ3v) is 5.98. The Balaban J connectivity index is 2.43. The van der Waals surface area contributed by atoms with Crippen molar-refractivity contribution in [2.45, 2.75) is 30.7 Å². The smallest absolute Gasteiger partial charge is 0.246 e. The van der Waals surface area contributed by atoms with E-state index in [4.69, 9.17) is 17.3 Å². The summed E-state index contributed by atoms with van der Waals surface area (Å²) in [7, 11) is -3.88. The van der Waals surface area contributed by atoms with Crippen LogP contribution < -0.4 is 5.73 Å². The summed E-state index contributed by atoms with van der Waals surface area (Å²) >= 11 is 5.66. The maximum atomic E-state index is 13.9. The number of benzene rings is 1. The molecule has 1 aromatic rings. The first-order valence-corrected chi connectivity index (χ1v) is 8.36. The van der Waals surface area contributed by atoms with E-state index in [1.807, 2.05) is 6.92 Å². The first kappa shape index (κ1) is 15.7. The number of sulfonamides is 1. The molecule has 2 unspecified atom stereocenters. The van der Waals surface area contributed by atoms with E-state index >= 15 is 0 Å². The Morgan fingerprint density at radius 2 is 2.20 bits per heavy atom. The van der Waals surface area contributed by atoms with E-state index in [0.717, 1.165) is 18.9 Å². The van der Waals surface area contributed by atoms with E-state index in [9.17, 15) is 12.8 Å². The van der Waals surface area contributed by atoms with Crippen LogP contribution in [-0.4, -0.2) is 31.9 Å². The summed E-state index contributed by atoms with van der Waals surface area (Å²) in [5, 5.41) is 0.170. The third kappa shape index (κ3) is 2.83. The molecule has 20 heavy (non-hydrogen) atoms. The van der Waals surface area contributed by atoms with Crippen molar-refractivity contribution >= 4 is 21.6 Å². The second kappa shape index (κ2) is 5.97. The summed E-state index contributed by atoms with van der Waals surface area (Å²) in [6, 6.07) is 3.31. The molecule has 0 amide bonds. The van der Waals surface area contributed by atoms with E-state index in [0.29, 0.717) is 6.54 Å². The molecule has 2 rings (SSSR count). The number of halogens is 2. The summed E-state index contributed by atoms with van der Waals surface area (Å²) in [5.41, 5.74) is 5.70. The van der Waals surface area contributed by atoms with Crippen LogP contribution in [0.3, 0.4) is 0 Å². The summed E-state index contributed by atoms with van der Waals surface area (Å²) in [4.78, 5) is -0.338. The van der Waals surface area contributed by atoms with Gasteiger partial charge >= 0.3 is 0 Å². The molecule has 7 heteroatoms. The van der Waals surface area contributed by atoms with Gasteiger partial charge in [-0.15, -0.1) is 0 Å². The highest BCUT2D eigenvalue weighted by Gasteiger charge is 2.37. The number of hydrogen-bond donors (Lipinski definition) is 1. The number of piperidine rings is 1. The topological polar surface area (TPSA) is 63.4 Å². The summed E-state index contributed by atoms with van der Waals surface area (Å²) in [6.07, 6.45) is 1.68. The van der Waals surface area contributed by atoms with Crippen molar-refractivity contribution in [3.05, 3.63) is 29.0 Å². The number of rotatable bonds is 3. The Morgan fingerprint density at radius 3 is 2.80 bits per heavy atom. The monoisotopic (exact) mass is 320 g/mol. The predicted molar refractivity (Wildman–Crippen MR) is 76.5 cm³/mol. The van der Waals surface area contributed by atoms with E-state index in [-0.39, 0.29) is 28.4 Å². The van der Waals surface area contributed by atoms with Crippen molar-refractivity contribution in [3.8, 4) is 0 Å². The van der Waals surface area contributed by atoms with Gasteiger partial charge in [-0.3, -0.25) is 0 Å². The molecule has 2 atom stereocenters. The molecule has 1 aliphatic rings. The van der Waals surface area contributed by atoms with Crippen molar-refractivity contribution < 1.29 is 12.8 Å². The molecule has 1 aliphatic heterocycles. The van der Waals surface area contributed by atoms with Crippen LogP contribution in [-0.2, 0) is 10.0 Å². The first-order chi connectivity index (χ1) is 9.37. The van der Waals surface area contributed by atoms with Gasteiger partial charge in [-0.1, -0.05) is 18.5 Å². The highest BCUT2D eigenvalue weighted by atomic mass is 35.5. The van der Waals surface area contributed by atoms with E-state index in [1.54, 1.807) is 0 Å². The minimum atomic E-state index is -3.88. The van der Waals surface area contributed by atoms with E-state index < -0.39 is 15.8 Å². The molecule has 0 spiro atoms. The Kier molecular flexibility index (Phi) is 4.69. The zero-order chi connectivity index (χ0) is 14.9. The maximum absolute atomic E-state index is 13.9. The van der Waals surface area contributed by atoms with Gasteiger partial charge in [0.15, 0.2) is 0 Å². The van der Waals surface area contributed by atoms with Crippen molar-refractivity contribution in [1.82, 2.24) is 4.31 Å². The van der Waals surface area contributed by atoms with Gasteiger partial charge in [0.1, 0.15) is 10.7 Å². The lowest BCUT2D eigenvalue weighted by atomic mass is 9.93. The van der Waals surface area contributed by atoms with Crippen LogP contribution in [0.2, 0.25) is 5.02 Å². The first-order valence-electron chi connectivity index (χ1n) is 6.55. The lowest BCUT2D eigenvalue weighted by Crippen LogP contribution is -2.51. The average Bonchev–Trinajstić information content (AvgIpc) is 2.37. The molecule has 0 aliphatic carbocycles. The normalized spacial score (nSPS) is 24.8. The second-order valence-electron chi connectivity index (χ2n) is 5.11. The van der Waals surface area contributed by atoms with Crippen molar-refractivity contribution in [2.75, 3.05) is 13.1 Å². The molecule has 0 saturated carbocycles. The van der Waals surface area contributed by atoms with Gasteiger partial charge in [-0.25, -0.2) is 12.8 Å². The van der Waals surface area contributed by atoms with Gasteiger partial charge in [0.25, 0.3) is 0 Å². The quantitative estimate of drug-likeness (QED) is 0.929. The fourth-order valence-electron chi connectivity index (χ4n) is 2.67. The highest BCUT2D eigenvalue weighted by Crippen LogP contribution is 2.30. The van der Waals surface area contributed by atoms with Crippen LogP contribution in [0, 0.1) is 11.7 Å². The molecule has 0 radical (unpaired) electrons. The molecule has 112 valence electrons. The standard InChI is InChI=1S/C13H18ClFN2O2S/c1-9-3-2-6-17(12(9)8-16)20(18,19)13-5-4-10(14)7-11(13)15/h4-5,7,9,12H,2-3,6,8,16H2,1H3. The zero-order valence-corrected chi connectivity index (χ0v) is 12.8. The van der Waals surface area contributed by atoms with E-state index in [2.05, 4.69) is 0 Å². The van der Waals surface area contributed by atoms with Gasteiger partial charge in [-0.2, -0.15) is 4.31 Å². The molecule has 0 aromatic heterocycles. The van der Waals surface area contributed by atoms with Crippen LogP contribution in [0.4, 0.5) is 4.39 Å². The van der Waals surface area contributed by atoms with Crippen molar-refractivity contribution in [2.24, 2.45) is 11.7 Å². The molecule has 0 bridgehead atoms. The van der Waals surface area contributed by atoms with Gasteiger partial charge in [0.2, 0.25) is 10.0 Å². The Bertz CT molecular complexity index is 594. The van der Waals surface area contributed by atoms with Crippen LogP contribution in [0.5, 0.6) is 0 Å². The van der Waals surface area contributed by atoms with Crippen LogP contribution in [0.15, 0.2) is 23.1 Å². The molecule has 4 nitrogen and oxygen atoms in total. The number of nitrogens with two attached hydrogens (primary N) is 1. The second-order valence-corrected chi connectivity index (χ2v) is 7.41. The summed E-state index contributed by atoms with van der Waals surface area (Å²) in [6.45, 7) is 2.57. The summed E-state index contributed by atoms with van der Waals surface area (Å²) in [5.74, 6) is -0.662. The Labute approximate surface area is 123 Å². The number of nitrogens with zero attached hydrogens (tertiary/aromatic N) is 1. The lowest BCUT2D eigenvalue weighted by molar-refractivity contribution is 0.192. The van der Waals surface area contributed by atoms with Crippen LogP contribution in [0.25, 0.3) is 0 Å². The highest BCUT2D eigenvalue weighted by molar-refractivity contribution is 7.89. The molecular formula is C13H18ClFN2O2S. The van der Waals surface area contributed by atoms with Crippen LogP contribution in [0.1, 0.15) is 19.8 Å². The van der Waals surface area contributed by atoms with Gasteiger partial charge < -0.3 is 5.73 Å². The lowest BCUT2D eigenvalue weighted by Gasteiger charge is -2.38. The Hall–Kier alpha value is -0.690. The largest absolute Gasteiger partial charge is 0.329 e. The molecular weight excluding hydrogens is 303 g/mol. The molecule has 2 N–H and O–H groups in total. The maximum Gasteiger partial charge on any atom is 0.246 e. The average molecular weight is 321 g/mol. The van der Waals surface area contributed by atoms with Gasteiger partial charge in [-0.05, 0) is 37.0 Å². The van der Waals surface area contributed by atoms with E-state index in [1.165, 1.54) is 16.4 Å². The molecule has 1 aromatic carbocycles. The minimum Gasteiger partial charge on any atom is -0.329 e. The minimum absolute atomic E-state index is 0.166. The summed E-state index contributed by atoms with van der Waals surface area (Å²) < 4.78 is 40.5. The molecule has 1 heterocycles. The van der Waals surface area contributed by atoms with Crippen molar-refractivity contribution in [1.29, 1.82) is 0 Å². The Morgan fingerprint density at radius 1 is 1.50 bits per heavy atom. The van der Waals surface area contributed by atoms with Crippen LogP contribution >= 0.6 is 11.6 Å². The fourth-order valence-corrected chi connectivity index (χ4v) is 4.65. The SMILES string of the molecule is CC1CCCN(S(=O)(=O)c2ccc(Cl)cc2F)C1CN. The molecule has 1 saturated heterocycles. The predicted octanol–water partition coefficient (Wildman–Crippen LogP) is 2.23. The van der Waals surface area contributed by atoms with Gasteiger partial charge in [0.05, 0.1) is 0 Å². The van der Waals surface area contributed by atoms with Crippen molar-refractivity contribution in [3.63, 3.8) is 0 Å². The number of hydrogen-bond acceptors (Lipinski definition) is 3. The zero-order valence-electron chi connectivity index (χ0n) is 11.2. The molecule has 1 fully saturated rings. The van der Waals surface area contributed by atoms with Gasteiger partial charge in [0, 0.05) is 24.2 Å².